The molecular formula is C25H19ClF2N2O4. The first-order valence-corrected chi connectivity index (χ1v) is 11.1. The average Bonchev–Trinajstić information content (AvgIpc) is 2.79. The predicted molar refractivity (Wildman–Crippen MR) is 120 cm³/mol. The topological polar surface area (TPSA) is 68.7 Å². The Bertz CT molecular complexity index is 1290. The summed E-state index contributed by atoms with van der Waals surface area (Å²) >= 11 is 6.10. The van der Waals surface area contributed by atoms with Gasteiger partial charge in [0, 0.05) is 59.4 Å². The third-order valence-corrected chi connectivity index (χ3v) is 6.12. The van der Waals surface area contributed by atoms with Gasteiger partial charge in [0.1, 0.15) is 29.7 Å². The number of ketones is 1. The van der Waals surface area contributed by atoms with Crippen molar-refractivity contribution in [3.05, 3.63) is 76.6 Å². The van der Waals surface area contributed by atoms with Crippen molar-refractivity contribution in [3.63, 3.8) is 0 Å². The number of halogens is 3. The van der Waals surface area contributed by atoms with Gasteiger partial charge in [0.15, 0.2) is 5.78 Å². The Balaban J connectivity index is 1.24. The summed E-state index contributed by atoms with van der Waals surface area (Å²) in [6, 6.07) is 9.06. The number of carbonyl (C=O) groups is 2. The number of carbonyl (C=O) groups excluding carboxylic acids is 2. The van der Waals surface area contributed by atoms with Crippen LogP contribution in [-0.2, 0) is 11.2 Å². The van der Waals surface area contributed by atoms with Gasteiger partial charge in [-0.05, 0) is 30.3 Å². The van der Waals surface area contributed by atoms with Gasteiger partial charge in [-0.3, -0.25) is 14.6 Å². The second-order valence-corrected chi connectivity index (χ2v) is 8.76. The van der Waals surface area contributed by atoms with Crippen molar-refractivity contribution in [1.29, 1.82) is 0 Å². The molecule has 1 saturated heterocycles. The minimum Gasteiger partial charge on any atom is -0.493 e. The lowest BCUT2D eigenvalue weighted by molar-refractivity contribution is -0.121. The van der Waals surface area contributed by atoms with Gasteiger partial charge in [0.2, 0.25) is 0 Å². The second-order valence-electron chi connectivity index (χ2n) is 8.33. The zero-order valence-electron chi connectivity index (χ0n) is 17.9. The zero-order chi connectivity index (χ0) is 23.8. The number of Topliss-reactive ketones (excluding diaryl/α,β-unsaturated/α-hetero) is 1. The molecular weight excluding hydrogens is 466 g/mol. The molecule has 1 fully saturated rings. The van der Waals surface area contributed by atoms with Gasteiger partial charge in [-0.1, -0.05) is 11.6 Å². The molecule has 0 radical (unpaired) electrons. The van der Waals surface area contributed by atoms with Crippen LogP contribution >= 0.6 is 11.6 Å². The van der Waals surface area contributed by atoms with Gasteiger partial charge < -0.3 is 14.4 Å². The lowest BCUT2D eigenvalue weighted by Gasteiger charge is -2.39. The van der Waals surface area contributed by atoms with Gasteiger partial charge in [-0.25, -0.2) is 8.78 Å². The van der Waals surface area contributed by atoms with Crippen LogP contribution in [0.4, 0.5) is 8.78 Å². The predicted octanol–water partition coefficient (Wildman–Crippen LogP) is 4.34. The molecule has 1 amide bonds. The molecule has 2 aliphatic rings. The molecule has 0 saturated carbocycles. The van der Waals surface area contributed by atoms with Gasteiger partial charge in [0.05, 0.1) is 18.4 Å². The number of likely N-dealkylation sites (tertiary alicyclic amines) is 1. The third-order valence-electron chi connectivity index (χ3n) is 5.88. The van der Waals surface area contributed by atoms with Crippen molar-refractivity contribution in [2.75, 3.05) is 26.3 Å². The lowest BCUT2D eigenvalue weighted by Crippen LogP contribution is -2.52. The monoisotopic (exact) mass is 484 g/mol. The van der Waals surface area contributed by atoms with E-state index < -0.39 is 17.5 Å². The molecule has 6 nitrogen and oxygen atoms in total. The van der Waals surface area contributed by atoms with E-state index in [4.69, 9.17) is 21.1 Å². The van der Waals surface area contributed by atoms with Gasteiger partial charge in [-0.15, -0.1) is 0 Å². The summed E-state index contributed by atoms with van der Waals surface area (Å²) in [7, 11) is 0. The largest absolute Gasteiger partial charge is 0.493 e. The molecule has 0 aliphatic carbocycles. The van der Waals surface area contributed by atoms with Crippen LogP contribution < -0.4 is 9.47 Å². The Hall–Kier alpha value is -3.52. The van der Waals surface area contributed by atoms with E-state index in [0.717, 1.165) is 12.3 Å². The maximum absolute atomic E-state index is 14.5. The van der Waals surface area contributed by atoms with E-state index in [-0.39, 0.29) is 30.3 Å². The number of ether oxygens (including phenoxy) is 2. The van der Waals surface area contributed by atoms with Crippen LogP contribution in [0.15, 0.2) is 48.8 Å². The summed E-state index contributed by atoms with van der Waals surface area (Å²) in [4.78, 5) is 29.7. The van der Waals surface area contributed by atoms with Gasteiger partial charge in [0.25, 0.3) is 5.91 Å². The lowest BCUT2D eigenvalue weighted by atomic mass is 9.97. The van der Waals surface area contributed by atoms with Crippen molar-refractivity contribution in [1.82, 2.24) is 9.88 Å². The first kappa shape index (κ1) is 22.3. The smallest absolute Gasteiger partial charge is 0.256 e. The van der Waals surface area contributed by atoms with Crippen LogP contribution in [0.2, 0.25) is 5.02 Å². The molecule has 9 heteroatoms. The highest BCUT2D eigenvalue weighted by Crippen LogP contribution is 2.35. The molecule has 174 valence electrons. The summed E-state index contributed by atoms with van der Waals surface area (Å²) in [5.74, 6) is -0.942. The molecule has 0 atom stereocenters. The number of hydrogen-bond donors (Lipinski definition) is 0. The molecule has 3 aromatic rings. The SMILES string of the molecule is O=C1COc2cc(F)c(C(=O)N3CC(COc4ccc(Cl)cc4-c4ccncc4F)C3)cc2C1. The van der Waals surface area contributed by atoms with E-state index >= 15 is 0 Å². The quantitative estimate of drug-likeness (QED) is 0.539. The Kier molecular flexibility index (Phi) is 5.91. The van der Waals surface area contributed by atoms with Crippen LogP contribution in [0, 0.1) is 17.6 Å². The molecule has 3 heterocycles. The maximum Gasteiger partial charge on any atom is 0.256 e. The first-order valence-electron chi connectivity index (χ1n) is 10.7. The molecule has 2 aliphatic heterocycles. The molecule has 2 aromatic carbocycles. The number of pyridine rings is 1. The van der Waals surface area contributed by atoms with Gasteiger partial charge >= 0.3 is 0 Å². The standard InChI is InChI=1S/C25H19ClF2N2O4/c26-16-1-2-23(19(7-16)18-3-4-29-9-22(18)28)33-12-14-10-30(11-14)25(32)20-6-15-5-17(31)13-34-24(15)8-21(20)27/h1-4,6-9,14H,5,10-13H2. The van der Waals surface area contributed by atoms with Crippen LogP contribution in [0.5, 0.6) is 11.5 Å². The molecule has 1 aromatic heterocycles. The number of aromatic nitrogens is 1. The Morgan fingerprint density at radius 3 is 2.76 bits per heavy atom. The van der Waals surface area contributed by atoms with Crippen molar-refractivity contribution in [2.24, 2.45) is 5.92 Å². The summed E-state index contributed by atoms with van der Waals surface area (Å²) < 4.78 is 39.9. The minimum absolute atomic E-state index is 0.0281. The molecule has 5 rings (SSSR count). The number of amides is 1. The fourth-order valence-electron chi connectivity index (χ4n) is 4.11. The zero-order valence-corrected chi connectivity index (χ0v) is 18.6. The summed E-state index contributed by atoms with van der Waals surface area (Å²) in [5, 5.41) is 0.443. The fourth-order valence-corrected chi connectivity index (χ4v) is 4.28. The number of benzene rings is 2. The number of hydrogen-bond acceptors (Lipinski definition) is 5. The minimum atomic E-state index is -0.678. The van der Waals surface area contributed by atoms with Crippen LogP contribution in [0.3, 0.4) is 0 Å². The number of rotatable bonds is 5. The van der Waals surface area contributed by atoms with Crippen LogP contribution in [0.1, 0.15) is 15.9 Å². The van der Waals surface area contributed by atoms with Crippen LogP contribution in [-0.4, -0.2) is 47.9 Å². The normalized spacial score (nSPS) is 15.4. The van der Waals surface area contributed by atoms with E-state index in [9.17, 15) is 18.4 Å². The first-order chi connectivity index (χ1) is 16.4. The van der Waals surface area contributed by atoms with E-state index in [2.05, 4.69) is 4.98 Å². The molecule has 34 heavy (non-hydrogen) atoms. The molecule has 0 N–H and O–H groups in total. The maximum atomic E-state index is 14.5. The Morgan fingerprint density at radius 2 is 1.97 bits per heavy atom. The summed E-state index contributed by atoms with van der Waals surface area (Å²) in [5.41, 5.74) is 1.26. The van der Waals surface area contributed by atoms with E-state index in [0.29, 0.717) is 52.9 Å². The fraction of sp³-hybridized carbons (Fsp3) is 0.240. The van der Waals surface area contributed by atoms with Crippen molar-refractivity contribution >= 4 is 23.3 Å². The second kappa shape index (κ2) is 9.02. The van der Waals surface area contributed by atoms with Crippen molar-refractivity contribution < 1.29 is 27.8 Å². The number of nitrogens with zero attached hydrogens (tertiary/aromatic N) is 2. The van der Waals surface area contributed by atoms with E-state index in [1.165, 1.54) is 17.2 Å². The average molecular weight is 485 g/mol. The van der Waals surface area contributed by atoms with Crippen LogP contribution in [0.25, 0.3) is 11.1 Å². The summed E-state index contributed by atoms with van der Waals surface area (Å²) in [6.07, 6.45) is 2.73. The highest BCUT2D eigenvalue weighted by molar-refractivity contribution is 6.31. The van der Waals surface area contributed by atoms with E-state index in [1.807, 2.05) is 0 Å². The van der Waals surface area contributed by atoms with Gasteiger partial charge in [-0.2, -0.15) is 0 Å². The summed E-state index contributed by atoms with van der Waals surface area (Å²) in [6.45, 7) is 0.978. The highest BCUT2D eigenvalue weighted by Gasteiger charge is 2.34. The molecule has 0 spiro atoms. The molecule has 0 bridgehead atoms. The Labute approximate surface area is 199 Å². The highest BCUT2D eigenvalue weighted by atomic mass is 35.5. The Morgan fingerprint density at radius 1 is 1.15 bits per heavy atom. The molecule has 0 unspecified atom stereocenters. The third kappa shape index (κ3) is 4.33. The van der Waals surface area contributed by atoms with Crippen molar-refractivity contribution in [2.45, 2.75) is 6.42 Å². The van der Waals surface area contributed by atoms with E-state index in [1.54, 1.807) is 24.3 Å². The number of fused-ring (bicyclic) bond motifs is 1. The van der Waals surface area contributed by atoms with Crippen molar-refractivity contribution in [3.8, 4) is 22.6 Å².